The van der Waals surface area contributed by atoms with Crippen LogP contribution in [0.15, 0.2) is 66.7 Å². The minimum atomic E-state index is -0.331. The van der Waals surface area contributed by atoms with Crippen molar-refractivity contribution in [1.82, 2.24) is 5.06 Å². The summed E-state index contributed by atoms with van der Waals surface area (Å²) in [5, 5.41) is 27.3. The number of piperidine rings is 1. The van der Waals surface area contributed by atoms with Gasteiger partial charge in [0.15, 0.2) is 18.3 Å². The summed E-state index contributed by atoms with van der Waals surface area (Å²) in [6, 6.07) is 21.9. The van der Waals surface area contributed by atoms with Crippen LogP contribution in [-0.2, 0) is 4.74 Å². The molecule has 0 aliphatic carbocycles. The number of hydrogen-bond acceptors (Lipinski definition) is 6. The van der Waals surface area contributed by atoms with Gasteiger partial charge in [-0.1, -0.05) is 48.5 Å². The number of hydrogen-bond donors (Lipinski definition) is 2. The highest BCUT2D eigenvalue weighted by Gasteiger charge is 2.25. The lowest BCUT2D eigenvalue weighted by Gasteiger charge is -2.32. The minimum Gasteiger partial charge on any atom is -0.504 e. The highest BCUT2D eigenvalue weighted by atomic mass is 16.7. The lowest BCUT2D eigenvalue weighted by molar-refractivity contribution is -0.0927. The number of phenolic OH excluding ortho intramolecular Hbond substituents is 1. The molecule has 0 radical (unpaired) electrons. The van der Waals surface area contributed by atoms with Crippen LogP contribution >= 0.6 is 0 Å². The molecule has 2 atom stereocenters. The van der Waals surface area contributed by atoms with E-state index in [1.807, 2.05) is 78.7 Å². The van der Waals surface area contributed by atoms with E-state index in [0.29, 0.717) is 11.7 Å². The second kappa shape index (κ2) is 10.7. The second-order valence-electron chi connectivity index (χ2n) is 9.63. The lowest BCUT2D eigenvalue weighted by Crippen LogP contribution is -2.38. The first-order valence-electron chi connectivity index (χ1n) is 12.5. The largest absolute Gasteiger partial charge is 0.504 e. The maximum Gasteiger partial charge on any atom is 0.190 e. The molecule has 188 valence electrons. The smallest absolute Gasteiger partial charge is 0.190 e. The fourth-order valence-electron chi connectivity index (χ4n) is 5.27. The van der Waals surface area contributed by atoms with Crippen molar-refractivity contribution in [3.63, 3.8) is 0 Å². The molecule has 0 unspecified atom stereocenters. The molecule has 5 rings (SSSR count). The zero-order valence-corrected chi connectivity index (χ0v) is 20.8. The van der Waals surface area contributed by atoms with Crippen LogP contribution in [-0.4, -0.2) is 48.4 Å². The van der Waals surface area contributed by atoms with Crippen molar-refractivity contribution in [2.24, 2.45) is 5.92 Å². The van der Waals surface area contributed by atoms with Crippen LogP contribution < -0.4 is 9.57 Å². The molecule has 6 heteroatoms. The average Bonchev–Trinajstić information content (AvgIpc) is 2.87. The van der Waals surface area contributed by atoms with Gasteiger partial charge in [-0.25, -0.2) is 0 Å². The first-order valence-corrected chi connectivity index (χ1v) is 12.5. The topological polar surface area (TPSA) is 71.4 Å². The van der Waals surface area contributed by atoms with Gasteiger partial charge in [-0.05, 0) is 77.4 Å². The number of aromatic hydroxyl groups is 1. The normalized spacial score (nSPS) is 17.4. The van der Waals surface area contributed by atoms with E-state index < -0.39 is 0 Å². The number of methoxy groups -OCH3 is 1. The van der Waals surface area contributed by atoms with E-state index >= 15 is 0 Å². The number of fused-ring (bicyclic) bond motifs is 2. The first kappa shape index (κ1) is 24.4. The molecule has 1 heterocycles. The van der Waals surface area contributed by atoms with Crippen molar-refractivity contribution < 1.29 is 24.5 Å². The molecule has 0 spiro atoms. The van der Waals surface area contributed by atoms with Gasteiger partial charge >= 0.3 is 0 Å². The van der Waals surface area contributed by atoms with E-state index in [1.54, 1.807) is 7.11 Å². The van der Waals surface area contributed by atoms with Crippen molar-refractivity contribution in [2.45, 2.75) is 32.3 Å². The standard InChI is InChI=1S/C30H33NO5/c1-20(32)15-21-7-6-14-31(18-21)36-28-17-23-8-3-4-10-26(23)29(30(28)33)27-11-5-9-22-16-24(35-19-34-2)12-13-25(22)27/h3-5,8-13,16-17,20-21,32-33H,6-7,14-15,18-19H2,1-2H3/t20-,21-/m0/s1. The molecular formula is C30H33NO5. The van der Waals surface area contributed by atoms with Crippen LogP contribution in [0.3, 0.4) is 0 Å². The highest BCUT2D eigenvalue weighted by Crippen LogP contribution is 2.46. The summed E-state index contributed by atoms with van der Waals surface area (Å²) in [7, 11) is 1.60. The van der Waals surface area contributed by atoms with Gasteiger partial charge in [0, 0.05) is 25.8 Å². The third-order valence-corrected chi connectivity index (χ3v) is 6.84. The number of benzene rings is 4. The SMILES string of the molecule is COCOc1ccc2c(-c3c(O)c(ON4CCC[C@@H](C[C@H](C)O)C4)cc4ccccc34)cccc2c1. The van der Waals surface area contributed by atoms with Crippen molar-refractivity contribution in [3.05, 3.63) is 66.7 Å². The van der Waals surface area contributed by atoms with E-state index in [4.69, 9.17) is 14.3 Å². The number of rotatable bonds is 8. The number of ether oxygens (including phenoxy) is 2. The second-order valence-corrected chi connectivity index (χ2v) is 9.63. The lowest BCUT2D eigenvalue weighted by atomic mass is 9.92. The summed E-state index contributed by atoms with van der Waals surface area (Å²) in [5.74, 6) is 1.66. The zero-order chi connectivity index (χ0) is 25.1. The predicted molar refractivity (Wildman–Crippen MR) is 142 cm³/mol. The van der Waals surface area contributed by atoms with Crippen LogP contribution in [0.1, 0.15) is 26.2 Å². The van der Waals surface area contributed by atoms with Gasteiger partial charge in [-0.2, -0.15) is 0 Å². The molecule has 2 N–H and O–H groups in total. The van der Waals surface area contributed by atoms with Crippen LogP contribution in [0.5, 0.6) is 17.2 Å². The van der Waals surface area contributed by atoms with Gasteiger partial charge in [0.05, 0.1) is 6.10 Å². The van der Waals surface area contributed by atoms with Crippen LogP contribution in [0.4, 0.5) is 0 Å². The summed E-state index contributed by atoms with van der Waals surface area (Å²) < 4.78 is 10.7. The summed E-state index contributed by atoms with van der Waals surface area (Å²) >= 11 is 0. The summed E-state index contributed by atoms with van der Waals surface area (Å²) in [6.45, 7) is 3.53. The van der Waals surface area contributed by atoms with Crippen molar-refractivity contribution in [2.75, 3.05) is 27.0 Å². The van der Waals surface area contributed by atoms with Crippen LogP contribution in [0, 0.1) is 5.92 Å². The molecule has 4 aromatic rings. The quantitative estimate of drug-likeness (QED) is 0.292. The van der Waals surface area contributed by atoms with Gasteiger partial charge < -0.3 is 24.5 Å². The van der Waals surface area contributed by atoms with Crippen molar-refractivity contribution in [1.29, 1.82) is 0 Å². The Hall–Kier alpha value is -3.32. The van der Waals surface area contributed by atoms with Gasteiger partial charge in [0.2, 0.25) is 0 Å². The molecule has 0 bridgehead atoms. The Kier molecular flexibility index (Phi) is 7.28. The molecule has 1 aliphatic rings. The number of aliphatic hydroxyl groups excluding tert-OH is 1. The van der Waals surface area contributed by atoms with E-state index in [2.05, 4.69) is 0 Å². The van der Waals surface area contributed by atoms with E-state index in [9.17, 15) is 10.2 Å². The highest BCUT2D eigenvalue weighted by molar-refractivity contribution is 6.08. The average molecular weight is 488 g/mol. The number of aliphatic hydroxyl groups is 1. The van der Waals surface area contributed by atoms with Gasteiger partial charge in [0.1, 0.15) is 5.75 Å². The fraction of sp³-hybridized carbons (Fsp3) is 0.333. The Labute approximate surface area is 211 Å². The molecule has 0 aromatic heterocycles. The molecule has 36 heavy (non-hydrogen) atoms. The van der Waals surface area contributed by atoms with E-state index in [1.165, 1.54) is 0 Å². The Morgan fingerprint density at radius 3 is 2.64 bits per heavy atom. The molecular weight excluding hydrogens is 454 g/mol. The van der Waals surface area contributed by atoms with E-state index in [-0.39, 0.29) is 18.6 Å². The maximum atomic E-state index is 11.6. The molecule has 0 amide bonds. The third-order valence-electron chi connectivity index (χ3n) is 6.84. The molecule has 1 saturated heterocycles. The maximum absolute atomic E-state index is 11.6. The van der Waals surface area contributed by atoms with Crippen LogP contribution in [0.2, 0.25) is 0 Å². The molecule has 0 saturated carbocycles. The summed E-state index contributed by atoms with van der Waals surface area (Å²) in [4.78, 5) is 6.31. The fourth-order valence-corrected chi connectivity index (χ4v) is 5.27. The molecule has 1 aliphatic heterocycles. The van der Waals surface area contributed by atoms with Crippen LogP contribution in [0.25, 0.3) is 32.7 Å². The Morgan fingerprint density at radius 1 is 1.00 bits per heavy atom. The Balaban J connectivity index is 1.56. The van der Waals surface area contributed by atoms with Gasteiger partial charge in [0.25, 0.3) is 0 Å². The van der Waals surface area contributed by atoms with Gasteiger partial charge in [-0.3, -0.25) is 0 Å². The van der Waals surface area contributed by atoms with Crippen molar-refractivity contribution >= 4 is 21.5 Å². The first-order chi connectivity index (χ1) is 17.5. The number of phenols is 1. The summed E-state index contributed by atoms with van der Waals surface area (Å²) in [5.41, 5.74) is 1.67. The third kappa shape index (κ3) is 5.12. The zero-order valence-electron chi connectivity index (χ0n) is 20.8. The minimum absolute atomic E-state index is 0.124. The number of nitrogens with zero attached hydrogens (tertiary/aromatic N) is 1. The Bertz CT molecular complexity index is 1350. The van der Waals surface area contributed by atoms with Gasteiger partial charge in [-0.15, -0.1) is 5.06 Å². The van der Waals surface area contributed by atoms with E-state index in [0.717, 1.165) is 70.8 Å². The molecule has 4 aromatic carbocycles. The predicted octanol–water partition coefficient (Wildman–Crippen LogP) is 6.13. The molecule has 1 fully saturated rings. The number of hydroxylamine groups is 2. The Morgan fingerprint density at radius 2 is 1.81 bits per heavy atom. The molecule has 6 nitrogen and oxygen atoms in total. The monoisotopic (exact) mass is 487 g/mol. The summed E-state index contributed by atoms with van der Waals surface area (Å²) in [6.07, 6.45) is 2.49. The van der Waals surface area contributed by atoms with Crippen molar-refractivity contribution in [3.8, 4) is 28.4 Å².